The molecule has 0 aliphatic rings. The minimum atomic E-state index is -0.372. The Hall–Kier alpha value is -1.40. The second-order valence-corrected chi connectivity index (χ2v) is 4.21. The van der Waals surface area contributed by atoms with Gasteiger partial charge in [0.25, 0.3) is 0 Å². The highest BCUT2D eigenvalue weighted by Gasteiger charge is 2.05. The summed E-state index contributed by atoms with van der Waals surface area (Å²) in [5, 5.41) is 3.72. The number of aromatic nitrogens is 1. The molecular formula is C11H10BrFN2O2. The smallest absolute Gasteiger partial charge is 0.174 e. The Kier molecular flexibility index (Phi) is 3.75. The molecule has 2 aromatic rings. The normalized spacial score (nSPS) is 10.5. The van der Waals surface area contributed by atoms with E-state index in [4.69, 9.17) is 15.0 Å². The van der Waals surface area contributed by atoms with Crippen LogP contribution in [0.4, 0.5) is 4.39 Å². The van der Waals surface area contributed by atoms with Gasteiger partial charge in [-0.05, 0) is 28.1 Å². The van der Waals surface area contributed by atoms with Crippen LogP contribution >= 0.6 is 15.9 Å². The summed E-state index contributed by atoms with van der Waals surface area (Å²) in [7, 11) is 0. The van der Waals surface area contributed by atoms with Gasteiger partial charge < -0.3 is 15.0 Å². The van der Waals surface area contributed by atoms with Gasteiger partial charge in [0.05, 0.1) is 10.2 Å². The third kappa shape index (κ3) is 3.04. The van der Waals surface area contributed by atoms with E-state index in [-0.39, 0.29) is 12.4 Å². The lowest BCUT2D eigenvalue weighted by atomic mass is 10.3. The summed E-state index contributed by atoms with van der Waals surface area (Å²) in [5.41, 5.74) is 6.05. The fourth-order valence-corrected chi connectivity index (χ4v) is 1.49. The number of nitrogens with zero attached hydrogens (tertiary/aromatic N) is 1. The lowest BCUT2D eigenvalue weighted by molar-refractivity contribution is 0.247. The van der Waals surface area contributed by atoms with Gasteiger partial charge in [-0.15, -0.1) is 0 Å². The molecule has 0 aliphatic carbocycles. The Bertz CT molecular complexity index is 516. The summed E-state index contributed by atoms with van der Waals surface area (Å²) in [6.45, 7) is 0.504. The molecule has 90 valence electrons. The van der Waals surface area contributed by atoms with E-state index in [1.807, 2.05) is 0 Å². The third-order valence-corrected chi connectivity index (χ3v) is 2.73. The van der Waals surface area contributed by atoms with Crippen LogP contribution in [0.5, 0.6) is 5.75 Å². The number of halogens is 2. The van der Waals surface area contributed by atoms with Crippen LogP contribution in [0.15, 0.2) is 33.3 Å². The predicted octanol–water partition coefficient (Wildman–Crippen LogP) is 2.61. The van der Waals surface area contributed by atoms with Crippen LogP contribution in [-0.4, -0.2) is 5.16 Å². The van der Waals surface area contributed by atoms with E-state index >= 15 is 0 Å². The molecular weight excluding hydrogens is 291 g/mol. The molecule has 1 aromatic carbocycles. The maximum atomic E-state index is 13.2. The molecule has 1 aromatic heterocycles. The van der Waals surface area contributed by atoms with E-state index in [0.29, 0.717) is 28.2 Å². The molecule has 0 amide bonds. The zero-order valence-electron chi connectivity index (χ0n) is 8.82. The number of benzene rings is 1. The highest BCUT2D eigenvalue weighted by molar-refractivity contribution is 9.10. The third-order valence-electron chi connectivity index (χ3n) is 2.09. The molecule has 17 heavy (non-hydrogen) atoms. The molecule has 0 radical (unpaired) electrons. The highest BCUT2D eigenvalue weighted by atomic mass is 79.9. The zero-order valence-corrected chi connectivity index (χ0v) is 10.4. The first-order chi connectivity index (χ1) is 8.19. The van der Waals surface area contributed by atoms with Crippen molar-refractivity contribution in [2.24, 2.45) is 5.73 Å². The molecule has 1 heterocycles. The Morgan fingerprint density at radius 3 is 2.88 bits per heavy atom. The van der Waals surface area contributed by atoms with Gasteiger partial charge >= 0.3 is 0 Å². The van der Waals surface area contributed by atoms with Gasteiger partial charge in [-0.25, -0.2) is 4.39 Å². The maximum absolute atomic E-state index is 13.2. The van der Waals surface area contributed by atoms with Crippen LogP contribution in [0.1, 0.15) is 11.5 Å². The fraction of sp³-hybridized carbons (Fsp3) is 0.182. The summed E-state index contributed by atoms with van der Waals surface area (Å²) >= 11 is 3.07. The first kappa shape index (κ1) is 12.1. The summed E-state index contributed by atoms with van der Waals surface area (Å²) < 4.78 is 23.9. The average Bonchev–Trinajstić information content (AvgIpc) is 2.79. The largest absolute Gasteiger partial charge is 0.485 e. The van der Waals surface area contributed by atoms with E-state index in [1.54, 1.807) is 18.2 Å². The molecule has 0 spiro atoms. The fourth-order valence-electron chi connectivity index (χ4n) is 1.24. The lowest BCUT2D eigenvalue weighted by Gasteiger charge is -2.03. The Balaban J connectivity index is 1.99. The SMILES string of the molecule is NCc1cc(COc2ccc(Br)c(F)c2)on1. The highest BCUT2D eigenvalue weighted by Crippen LogP contribution is 2.21. The summed E-state index contributed by atoms with van der Waals surface area (Å²) in [4.78, 5) is 0. The van der Waals surface area contributed by atoms with Gasteiger partial charge in [-0.3, -0.25) is 0 Å². The summed E-state index contributed by atoms with van der Waals surface area (Å²) in [6.07, 6.45) is 0. The van der Waals surface area contributed by atoms with Gasteiger partial charge in [0.2, 0.25) is 0 Å². The Morgan fingerprint density at radius 1 is 1.41 bits per heavy atom. The molecule has 0 saturated heterocycles. The van der Waals surface area contributed by atoms with E-state index in [9.17, 15) is 4.39 Å². The second-order valence-electron chi connectivity index (χ2n) is 3.35. The van der Waals surface area contributed by atoms with E-state index in [2.05, 4.69) is 21.1 Å². The van der Waals surface area contributed by atoms with Crippen molar-refractivity contribution in [2.45, 2.75) is 13.2 Å². The molecule has 0 aliphatic heterocycles. The zero-order chi connectivity index (χ0) is 12.3. The van der Waals surface area contributed by atoms with E-state index < -0.39 is 0 Å². The molecule has 0 saturated carbocycles. The standard InChI is InChI=1S/C11H10BrFN2O2/c12-10-2-1-8(4-11(10)13)16-6-9-3-7(5-14)15-17-9/h1-4H,5-6,14H2. The van der Waals surface area contributed by atoms with Crippen molar-refractivity contribution in [1.29, 1.82) is 0 Å². The van der Waals surface area contributed by atoms with Gasteiger partial charge in [-0.2, -0.15) is 0 Å². The topological polar surface area (TPSA) is 61.3 Å². The van der Waals surface area contributed by atoms with Crippen LogP contribution in [0.25, 0.3) is 0 Å². The minimum Gasteiger partial charge on any atom is -0.485 e. The first-order valence-corrected chi connectivity index (χ1v) is 5.70. The molecule has 2 rings (SSSR count). The number of ether oxygens (including phenoxy) is 1. The minimum absolute atomic E-state index is 0.189. The van der Waals surface area contributed by atoms with Crippen LogP contribution in [0.2, 0.25) is 0 Å². The molecule has 2 N–H and O–H groups in total. The van der Waals surface area contributed by atoms with Crippen molar-refractivity contribution in [3.63, 3.8) is 0 Å². The maximum Gasteiger partial charge on any atom is 0.174 e. The molecule has 0 fully saturated rings. The van der Waals surface area contributed by atoms with Crippen LogP contribution in [-0.2, 0) is 13.2 Å². The van der Waals surface area contributed by atoms with Gasteiger partial charge in [0.15, 0.2) is 5.76 Å². The molecule has 0 unspecified atom stereocenters. The summed E-state index contributed by atoms with van der Waals surface area (Å²) in [6, 6.07) is 6.24. The van der Waals surface area contributed by atoms with Crippen molar-refractivity contribution in [2.75, 3.05) is 0 Å². The van der Waals surface area contributed by atoms with Gasteiger partial charge in [0.1, 0.15) is 18.2 Å². The summed E-state index contributed by atoms with van der Waals surface area (Å²) in [5.74, 6) is 0.605. The molecule has 0 atom stereocenters. The lowest BCUT2D eigenvalue weighted by Crippen LogP contribution is -1.96. The second kappa shape index (κ2) is 5.29. The van der Waals surface area contributed by atoms with Crippen LogP contribution < -0.4 is 10.5 Å². The van der Waals surface area contributed by atoms with Gasteiger partial charge in [-0.1, -0.05) is 5.16 Å². The monoisotopic (exact) mass is 300 g/mol. The van der Waals surface area contributed by atoms with Crippen LogP contribution in [0.3, 0.4) is 0 Å². The van der Waals surface area contributed by atoms with E-state index in [1.165, 1.54) is 6.07 Å². The molecule has 6 heteroatoms. The number of nitrogens with two attached hydrogens (primary N) is 1. The molecule has 4 nitrogen and oxygen atoms in total. The van der Waals surface area contributed by atoms with Crippen molar-refractivity contribution in [3.05, 3.63) is 46.0 Å². The Labute approximate surface area is 106 Å². The average molecular weight is 301 g/mol. The number of rotatable bonds is 4. The van der Waals surface area contributed by atoms with Crippen molar-refractivity contribution in [1.82, 2.24) is 5.16 Å². The first-order valence-electron chi connectivity index (χ1n) is 4.91. The number of hydrogen-bond donors (Lipinski definition) is 1. The quantitative estimate of drug-likeness (QED) is 0.943. The predicted molar refractivity (Wildman–Crippen MR) is 62.8 cm³/mol. The number of hydrogen-bond acceptors (Lipinski definition) is 4. The molecule has 0 bridgehead atoms. The Morgan fingerprint density at radius 2 is 2.24 bits per heavy atom. The van der Waals surface area contributed by atoms with Crippen molar-refractivity contribution >= 4 is 15.9 Å². The van der Waals surface area contributed by atoms with Crippen LogP contribution in [0, 0.1) is 5.82 Å². The van der Waals surface area contributed by atoms with Crippen molar-refractivity contribution < 1.29 is 13.7 Å². The van der Waals surface area contributed by atoms with E-state index in [0.717, 1.165) is 0 Å². The van der Waals surface area contributed by atoms with Gasteiger partial charge in [0, 0.05) is 18.7 Å². The van der Waals surface area contributed by atoms with Crippen molar-refractivity contribution in [3.8, 4) is 5.75 Å².